The van der Waals surface area contributed by atoms with Gasteiger partial charge in [-0.1, -0.05) is 6.07 Å². The minimum absolute atomic E-state index is 0.0899. The Kier molecular flexibility index (Phi) is 3.78. The highest BCUT2D eigenvalue weighted by Crippen LogP contribution is 2.22. The highest BCUT2D eigenvalue weighted by Gasteiger charge is 2.20. The van der Waals surface area contributed by atoms with Gasteiger partial charge < -0.3 is 5.73 Å². The summed E-state index contributed by atoms with van der Waals surface area (Å²) in [6, 6.07) is 2.92. The van der Waals surface area contributed by atoms with Crippen LogP contribution in [0.15, 0.2) is 17.5 Å². The van der Waals surface area contributed by atoms with Crippen LogP contribution in [0.3, 0.4) is 0 Å². The molecule has 2 aromatic rings. The molecule has 0 spiro atoms. The molecule has 0 aliphatic heterocycles. The molecule has 0 aliphatic rings. The number of benzene rings is 1. The third-order valence-electron chi connectivity index (χ3n) is 2.80. The Bertz CT molecular complexity index is 611. The zero-order valence-electron chi connectivity index (χ0n) is 11.0. The lowest BCUT2D eigenvalue weighted by molar-refractivity contribution is 0.103. The molecular weight excluding hydrogens is 263 g/mol. The number of nitrogens with zero attached hydrogens (tertiary/aromatic N) is 1. The zero-order chi connectivity index (χ0) is 14.2. The molecule has 1 aromatic carbocycles. The van der Waals surface area contributed by atoms with E-state index in [0.29, 0.717) is 10.6 Å². The van der Waals surface area contributed by atoms with E-state index in [1.165, 1.54) is 17.4 Å². The van der Waals surface area contributed by atoms with Crippen LogP contribution < -0.4 is 5.73 Å². The average Bonchev–Trinajstić information content (AvgIpc) is 2.76. The molecule has 1 heterocycles. The second kappa shape index (κ2) is 5.19. The summed E-state index contributed by atoms with van der Waals surface area (Å²) in [7, 11) is 0. The summed E-state index contributed by atoms with van der Waals surface area (Å²) < 4.78 is 13.9. The van der Waals surface area contributed by atoms with Gasteiger partial charge in [-0.15, -0.1) is 11.3 Å². The quantitative estimate of drug-likeness (QED) is 0.877. The first-order chi connectivity index (χ1) is 8.90. The summed E-state index contributed by atoms with van der Waals surface area (Å²) in [4.78, 5) is 16.5. The fourth-order valence-electron chi connectivity index (χ4n) is 1.93. The van der Waals surface area contributed by atoms with Gasteiger partial charge in [0.15, 0.2) is 0 Å². The predicted molar refractivity (Wildman–Crippen MR) is 74.0 cm³/mol. The molecule has 0 radical (unpaired) electrons. The van der Waals surface area contributed by atoms with Crippen molar-refractivity contribution in [3.8, 4) is 0 Å². The Hall–Kier alpha value is -1.59. The molecule has 5 heteroatoms. The van der Waals surface area contributed by atoms with Crippen LogP contribution in [0.25, 0.3) is 0 Å². The summed E-state index contributed by atoms with van der Waals surface area (Å²) in [5.74, 6) is -0.893. The highest BCUT2D eigenvalue weighted by atomic mass is 32.1. The first-order valence-electron chi connectivity index (χ1n) is 5.92. The minimum atomic E-state index is -0.502. The van der Waals surface area contributed by atoms with Gasteiger partial charge in [0, 0.05) is 5.38 Å². The van der Waals surface area contributed by atoms with Gasteiger partial charge in [0.05, 0.1) is 11.6 Å². The minimum Gasteiger partial charge on any atom is -0.322 e. The molecule has 3 nitrogen and oxygen atoms in total. The predicted octanol–water partition coefficient (Wildman–Crippen LogP) is 3.15. The van der Waals surface area contributed by atoms with Crippen LogP contribution in [0.1, 0.15) is 45.2 Å². The topological polar surface area (TPSA) is 56.0 Å². The van der Waals surface area contributed by atoms with Gasteiger partial charge in [0.25, 0.3) is 0 Å². The number of hydrogen-bond donors (Lipinski definition) is 1. The Morgan fingerprint density at radius 3 is 2.63 bits per heavy atom. The molecule has 0 saturated heterocycles. The number of halogens is 1. The Morgan fingerprint density at radius 1 is 1.42 bits per heavy atom. The van der Waals surface area contributed by atoms with E-state index in [1.807, 2.05) is 0 Å². The van der Waals surface area contributed by atoms with E-state index in [1.54, 1.807) is 32.2 Å². The standard InChI is InChI=1S/C14H15FN2OS/c1-7-4-8(2)12(10(15)5-7)13(18)11-6-19-14(17-11)9(3)16/h4-6,9H,16H2,1-3H3. The molecule has 1 unspecified atom stereocenters. The molecule has 2 rings (SSSR count). The maximum Gasteiger partial charge on any atom is 0.215 e. The number of aromatic nitrogens is 1. The Labute approximate surface area is 115 Å². The van der Waals surface area contributed by atoms with Crippen LogP contribution in [0.5, 0.6) is 0 Å². The van der Waals surface area contributed by atoms with Crippen molar-refractivity contribution in [1.29, 1.82) is 0 Å². The van der Waals surface area contributed by atoms with Crippen LogP contribution in [0, 0.1) is 19.7 Å². The normalized spacial score (nSPS) is 12.5. The number of rotatable bonds is 3. The molecule has 100 valence electrons. The summed E-state index contributed by atoms with van der Waals surface area (Å²) in [6.45, 7) is 5.31. The summed E-state index contributed by atoms with van der Waals surface area (Å²) in [5.41, 5.74) is 7.47. The molecule has 19 heavy (non-hydrogen) atoms. The van der Waals surface area contributed by atoms with Crippen molar-refractivity contribution in [2.75, 3.05) is 0 Å². The zero-order valence-corrected chi connectivity index (χ0v) is 11.8. The van der Waals surface area contributed by atoms with E-state index >= 15 is 0 Å². The van der Waals surface area contributed by atoms with Crippen LogP contribution >= 0.6 is 11.3 Å². The highest BCUT2D eigenvalue weighted by molar-refractivity contribution is 7.09. The van der Waals surface area contributed by atoms with Gasteiger partial charge in [-0.3, -0.25) is 4.79 Å². The van der Waals surface area contributed by atoms with Crippen molar-refractivity contribution in [1.82, 2.24) is 4.98 Å². The van der Waals surface area contributed by atoms with Crippen LogP contribution in [0.4, 0.5) is 4.39 Å². The molecule has 0 aliphatic carbocycles. The fraction of sp³-hybridized carbons (Fsp3) is 0.286. The largest absolute Gasteiger partial charge is 0.322 e. The van der Waals surface area contributed by atoms with Crippen molar-refractivity contribution in [2.24, 2.45) is 5.73 Å². The smallest absolute Gasteiger partial charge is 0.215 e. The second-order valence-electron chi connectivity index (χ2n) is 4.63. The Balaban J connectivity index is 2.44. The van der Waals surface area contributed by atoms with Crippen molar-refractivity contribution in [2.45, 2.75) is 26.8 Å². The maximum absolute atomic E-state index is 13.9. The molecule has 0 fully saturated rings. The lowest BCUT2D eigenvalue weighted by Gasteiger charge is -2.06. The van der Waals surface area contributed by atoms with Crippen molar-refractivity contribution in [3.05, 3.63) is 50.7 Å². The van der Waals surface area contributed by atoms with Crippen LogP contribution in [0.2, 0.25) is 0 Å². The van der Waals surface area contributed by atoms with Crippen LogP contribution in [-0.4, -0.2) is 10.8 Å². The van der Waals surface area contributed by atoms with Gasteiger partial charge in [0.2, 0.25) is 5.78 Å². The molecule has 0 saturated carbocycles. The summed E-state index contributed by atoms with van der Waals surface area (Å²) >= 11 is 1.32. The van der Waals surface area contributed by atoms with Gasteiger partial charge in [-0.2, -0.15) is 0 Å². The van der Waals surface area contributed by atoms with Crippen molar-refractivity contribution < 1.29 is 9.18 Å². The van der Waals surface area contributed by atoms with E-state index in [0.717, 1.165) is 5.56 Å². The lowest BCUT2D eigenvalue weighted by Crippen LogP contribution is -2.09. The third-order valence-corrected chi connectivity index (χ3v) is 3.85. The molecule has 0 amide bonds. The molecule has 1 atom stereocenters. The molecule has 1 aromatic heterocycles. The molecule has 0 bridgehead atoms. The maximum atomic E-state index is 13.9. The van der Waals surface area contributed by atoms with E-state index in [2.05, 4.69) is 4.98 Å². The SMILES string of the molecule is Cc1cc(C)c(C(=O)c2csc(C(C)N)n2)c(F)c1. The van der Waals surface area contributed by atoms with Gasteiger partial charge >= 0.3 is 0 Å². The van der Waals surface area contributed by atoms with Gasteiger partial charge in [-0.05, 0) is 38.0 Å². The number of thiazole rings is 1. The lowest BCUT2D eigenvalue weighted by atomic mass is 10.00. The van der Waals surface area contributed by atoms with E-state index < -0.39 is 11.6 Å². The number of ketones is 1. The first kappa shape index (κ1) is 13.8. The molecule has 2 N–H and O–H groups in total. The second-order valence-corrected chi connectivity index (χ2v) is 5.52. The third kappa shape index (κ3) is 2.72. The van der Waals surface area contributed by atoms with E-state index in [4.69, 9.17) is 5.73 Å². The van der Waals surface area contributed by atoms with E-state index in [9.17, 15) is 9.18 Å². The van der Waals surface area contributed by atoms with Crippen molar-refractivity contribution >= 4 is 17.1 Å². The number of carbonyl (C=O) groups excluding carboxylic acids is 1. The van der Waals surface area contributed by atoms with Gasteiger partial charge in [-0.25, -0.2) is 9.37 Å². The van der Waals surface area contributed by atoms with E-state index in [-0.39, 0.29) is 17.3 Å². The van der Waals surface area contributed by atoms with Crippen molar-refractivity contribution in [3.63, 3.8) is 0 Å². The number of carbonyl (C=O) groups is 1. The van der Waals surface area contributed by atoms with Crippen LogP contribution in [-0.2, 0) is 0 Å². The average molecular weight is 278 g/mol. The Morgan fingerprint density at radius 2 is 2.11 bits per heavy atom. The fourth-order valence-corrected chi connectivity index (χ4v) is 2.69. The number of aryl methyl sites for hydroxylation is 2. The first-order valence-corrected chi connectivity index (χ1v) is 6.80. The monoisotopic (exact) mass is 278 g/mol. The summed E-state index contributed by atoms with van der Waals surface area (Å²) in [6.07, 6.45) is 0. The molecular formula is C14H15FN2OS. The summed E-state index contributed by atoms with van der Waals surface area (Å²) in [5, 5.41) is 2.30. The van der Waals surface area contributed by atoms with Gasteiger partial charge in [0.1, 0.15) is 16.5 Å². The number of nitrogens with two attached hydrogens (primary N) is 1. The number of hydrogen-bond acceptors (Lipinski definition) is 4.